The summed E-state index contributed by atoms with van der Waals surface area (Å²) in [4.78, 5) is 11.3. The second-order valence-electron chi connectivity index (χ2n) is 6.45. The average Bonchev–Trinajstić information content (AvgIpc) is 2.67. The van der Waals surface area contributed by atoms with Gasteiger partial charge in [0.15, 0.2) is 5.96 Å². The van der Waals surface area contributed by atoms with Crippen molar-refractivity contribution >= 4 is 17.5 Å². The SMILES string of the molecule is CCc1cccc(NC(N)=NCc2ccnc(N3CCCCC3)c2)c1. The number of hydrogen-bond donors (Lipinski definition) is 2. The Morgan fingerprint density at radius 2 is 2.00 bits per heavy atom. The summed E-state index contributed by atoms with van der Waals surface area (Å²) in [5.74, 6) is 1.49. The molecule has 0 radical (unpaired) electrons. The molecule has 25 heavy (non-hydrogen) atoms. The Morgan fingerprint density at radius 3 is 2.80 bits per heavy atom. The average molecular weight is 337 g/mol. The maximum absolute atomic E-state index is 6.04. The molecule has 1 aliphatic rings. The van der Waals surface area contributed by atoms with E-state index in [0.29, 0.717) is 12.5 Å². The summed E-state index contributed by atoms with van der Waals surface area (Å²) in [5, 5.41) is 3.17. The molecule has 5 heteroatoms. The van der Waals surface area contributed by atoms with Crippen molar-refractivity contribution in [2.24, 2.45) is 10.7 Å². The zero-order valence-electron chi connectivity index (χ0n) is 14.9. The quantitative estimate of drug-likeness (QED) is 0.647. The number of rotatable bonds is 5. The van der Waals surface area contributed by atoms with Gasteiger partial charge >= 0.3 is 0 Å². The summed E-state index contributed by atoms with van der Waals surface area (Å²) >= 11 is 0. The van der Waals surface area contributed by atoms with Gasteiger partial charge in [-0.3, -0.25) is 0 Å². The van der Waals surface area contributed by atoms with Crippen molar-refractivity contribution in [1.82, 2.24) is 4.98 Å². The Bertz CT molecular complexity index is 720. The third-order valence-electron chi connectivity index (χ3n) is 4.53. The van der Waals surface area contributed by atoms with Crippen LogP contribution < -0.4 is 16.0 Å². The molecule has 2 heterocycles. The topological polar surface area (TPSA) is 66.5 Å². The lowest BCUT2D eigenvalue weighted by Crippen LogP contribution is -2.30. The van der Waals surface area contributed by atoms with Crippen molar-refractivity contribution in [2.45, 2.75) is 39.2 Å². The Balaban J connectivity index is 1.62. The van der Waals surface area contributed by atoms with Crippen LogP contribution in [0.25, 0.3) is 0 Å². The van der Waals surface area contributed by atoms with E-state index in [9.17, 15) is 0 Å². The number of nitrogens with zero attached hydrogens (tertiary/aromatic N) is 3. The highest BCUT2D eigenvalue weighted by Gasteiger charge is 2.12. The molecule has 1 aromatic heterocycles. The van der Waals surface area contributed by atoms with E-state index in [-0.39, 0.29) is 0 Å². The van der Waals surface area contributed by atoms with Crippen molar-refractivity contribution in [3.05, 3.63) is 53.7 Å². The van der Waals surface area contributed by atoms with Gasteiger partial charge in [0, 0.05) is 25.0 Å². The third-order valence-corrected chi connectivity index (χ3v) is 4.53. The molecule has 1 aromatic carbocycles. The molecule has 0 spiro atoms. The number of benzene rings is 1. The van der Waals surface area contributed by atoms with Gasteiger partial charge in [-0.05, 0) is 61.1 Å². The number of pyridine rings is 1. The van der Waals surface area contributed by atoms with Crippen molar-refractivity contribution in [1.29, 1.82) is 0 Å². The zero-order chi connectivity index (χ0) is 17.5. The number of hydrogen-bond acceptors (Lipinski definition) is 3. The summed E-state index contributed by atoms with van der Waals surface area (Å²) in [6, 6.07) is 12.4. The van der Waals surface area contributed by atoms with E-state index < -0.39 is 0 Å². The monoisotopic (exact) mass is 337 g/mol. The number of guanidine groups is 1. The first kappa shape index (κ1) is 17.3. The van der Waals surface area contributed by atoms with Gasteiger partial charge < -0.3 is 16.0 Å². The van der Waals surface area contributed by atoms with E-state index >= 15 is 0 Å². The predicted octanol–water partition coefficient (Wildman–Crippen LogP) is 3.56. The molecule has 0 saturated carbocycles. The van der Waals surface area contributed by atoms with Gasteiger partial charge in [-0.2, -0.15) is 0 Å². The molecule has 3 rings (SSSR count). The van der Waals surface area contributed by atoms with Crippen molar-refractivity contribution < 1.29 is 0 Å². The van der Waals surface area contributed by atoms with Gasteiger partial charge in [-0.25, -0.2) is 9.98 Å². The molecule has 0 aliphatic carbocycles. The molecule has 0 amide bonds. The largest absolute Gasteiger partial charge is 0.370 e. The minimum atomic E-state index is 0.435. The number of nitrogens with one attached hydrogen (secondary N) is 1. The first-order valence-electron chi connectivity index (χ1n) is 9.10. The number of anilines is 2. The Kier molecular flexibility index (Phi) is 5.88. The second-order valence-corrected chi connectivity index (χ2v) is 6.45. The van der Waals surface area contributed by atoms with E-state index in [1.54, 1.807) is 0 Å². The van der Waals surface area contributed by atoms with Crippen LogP contribution in [-0.4, -0.2) is 24.0 Å². The fraction of sp³-hybridized carbons (Fsp3) is 0.400. The molecule has 3 N–H and O–H groups in total. The van der Waals surface area contributed by atoms with Gasteiger partial charge in [-0.1, -0.05) is 19.1 Å². The van der Waals surface area contributed by atoms with Gasteiger partial charge in [0.05, 0.1) is 6.54 Å². The van der Waals surface area contributed by atoms with Gasteiger partial charge in [0.2, 0.25) is 0 Å². The van der Waals surface area contributed by atoms with Crippen LogP contribution in [0, 0.1) is 0 Å². The van der Waals surface area contributed by atoms with Crippen molar-refractivity contribution in [3.63, 3.8) is 0 Å². The molecule has 2 aromatic rings. The highest BCUT2D eigenvalue weighted by Crippen LogP contribution is 2.18. The van der Waals surface area contributed by atoms with Gasteiger partial charge in [0.25, 0.3) is 0 Å². The third kappa shape index (κ3) is 4.95. The predicted molar refractivity (Wildman–Crippen MR) is 105 cm³/mol. The molecule has 0 bridgehead atoms. The first-order valence-corrected chi connectivity index (χ1v) is 9.10. The number of nitrogens with two attached hydrogens (primary N) is 1. The number of aromatic nitrogens is 1. The lowest BCUT2D eigenvalue weighted by atomic mass is 10.1. The molecule has 5 nitrogen and oxygen atoms in total. The van der Waals surface area contributed by atoms with Crippen LogP contribution in [0.5, 0.6) is 0 Å². The molecule has 0 unspecified atom stereocenters. The Morgan fingerprint density at radius 1 is 1.16 bits per heavy atom. The van der Waals surface area contributed by atoms with Crippen molar-refractivity contribution in [3.8, 4) is 0 Å². The van der Waals surface area contributed by atoms with Crippen LogP contribution in [0.15, 0.2) is 47.6 Å². The summed E-state index contributed by atoms with van der Waals surface area (Å²) in [7, 11) is 0. The van der Waals surface area contributed by atoms with Crippen LogP contribution >= 0.6 is 0 Å². The second kappa shape index (κ2) is 8.51. The molecule has 0 atom stereocenters. The van der Waals surface area contributed by atoms with E-state index in [4.69, 9.17) is 5.73 Å². The van der Waals surface area contributed by atoms with Gasteiger partial charge in [-0.15, -0.1) is 0 Å². The minimum Gasteiger partial charge on any atom is -0.370 e. The molecular formula is C20H27N5. The van der Waals surface area contributed by atoms with Crippen LogP contribution in [0.2, 0.25) is 0 Å². The number of aliphatic imine (C=N–C) groups is 1. The van der Waals surface area contributed by atoms with E-state index in [0.717, 1.165) is 36.6 Å². The van der Waals surface area contributed by atoms with E-state index in [2.05, 4.69) is 45.3 Å². The maximum Gasteiger partial charge on any atom is 0.193 e. The van der Waals surface area contributed by atoms with Crippen LogP contribution in [0.3, 0.4) is 0 Å². The summed E-state index contributed by atoms with van der Waals surface area (Å²) in [6.07, 6.45) is 6.68. The lowest BCUT2D eigenvalue weighted by Gasteiger charge is -2.27. The molecule has 1 fully saturated rings. The Hall–Kier alpha value is -2.56. The van der Waals surface area contributed by atoms with Gasteiger partial charge in [0.1, 0.15) is 5.82 Å². The molecular weight excluding hydrogens is 310 g/mol. The van der Waals surface area contributed by atoms with E-state index in [1.807, 2.05) is 24.4 Å². The molecule has 132 valence electrons. The smallest absolute Gasteiger partial charge is 0.193 e. The fourth-order valence-corrected chi connectivity index (χ4v) is 3.09. The minimum absolute atomic E-state index is 0.435. The normalized spacial score (nSPS) is 15.2. The van der Waals surface area contributed by atoms with Crippen molar-refractivity contribution in [2.75, 3.05) is 23.3 Å². The highest BCUT2D eigenvalue weighted by atomic mass is 15.2. The van der Waals surface area contributed by atoms with Crippen LogP contribution in [-0.2, 0) is 13.0 Å². The van der Waals surface area contributed by atoms with Crippen LogP contribution in [0.1, 0.15) is 37.3 Å². The maximum atomic E-state index is 6.04. The summed E-state index contributed by atoms with van der Waals surface area (Å²) in [5.41, 5.74) is 9.42. The summed E-state index contributed by atoms with van der Waals surface area (Å²) < 4.78 is 0. The molecule has 1 aliphatic heterocycles. The van der Waals surface area contributed by atoms with E-state index in [1.165, 1.54) is 24.8 Å². The number of aryl methyl sites for hydroxylation is 1. The lowest BCUT2D eigenvalue weighted by molar-refractivity contribution is 0.573. The highest BCUT2D eigenvalue weighted by molar-refractivity contribution is 5.92. The first-order chi connectivity index (χ1) is 12.2. The van der Waals surface area contributed by atoms with Crippen LogP contribution in [0.4, 0.5) is 11.5 Å². The number of piperidine rings is 1. The zero-order valence-corrected chi connectivity index (χ0v) is 14.9. The standard InChI is InChI=1S/C20H27N5/c1-2-16-7-6-8-18(13-16)24-20(21)23-15-17-9-10-22-19(14-17)25-11-4-3-5-12-25/h6-10,13-14H,2-5,11-12,15H2,1H3,(H3,21,23,24). The molecule has 1 saturated heterocycles. The summed E-state index contributed by atoms with van der Waals surface area (Å²) in [6.45, 7) is 4.88. The Labute approximate surface area is 150 Å². The fourth-order valence-electron chi connectivity index (χ4n) is 3.09.